The summed E-state index contributed by atoms with van der Waals surface area (Å²) in [5.41, 5.74) is 0.717. The summed E-state index contributed by atoms with van der Waals surface area (Å²) in [5, 5.41) is 21.4. The third-order valence-electron chi connectivity index (χ3n) is 3.60. The molecule has 3 atom stereocenters. The molecule has 0 radical (unpaired) electrons. The van der Waals surface area contributed by atoms with Crippen LogP contribution in [0.15, 0.2) is 30.3 Å². The predicted octanol–water partition coefficient (Wildman–Crippen LogP) is 1.57. The second kappa shape index (κ2) is 6.35. The highest BCUT2D eigenvalue weighted by molar-refractivity contribution is 5.86. The minimum atomic E-state index is -0.757. The summed E-state index contributed by atoms with van der Waals surface area (Å²) in [6, 6.07) is 11.1. The lowest BCUT2D eigenvalue weighted by atomic mass is 9.99. The summed E-state index contributed by atoms with van der Waals surface area (Å²) in [6.45, 7) is 0.543. The number of benzene rings is 1. The molecular formula is C15H18N2O2. The van der Waals surface area contributed by atoms with Crippen LogP contribution < -0.4 is 5.32 Å². The number of nitrogens with one attached hydrogen (secondary N) is 1. The van der Waals surface area contributed by atoms with Gasteiger partial charge in [0.05, 0.1) is 12.2 Å². The standard InChI is InChI=1S/C15H18N2O2/c16-9-14(12-4-2-1-3-5-12)15(19)17-10-11-6-7-13(18)8-11/h1-5,11,13-14,18H,6-8,10H2,(H,17,19). The zero-order chi connectivity index (χ0) is 13.7. The number of carbonyl (C=O) groups excluding carboxylic acids is 1. The Kier molecular flexibility index (Phi) is 4.53. The Bertz CT molecular complexity index is 467. The van der Waals surface area contributed by atoms with Gasteiger partial charge in [-0.05, 0) is 30.7 Å². The lowest BCUT2D eigenvalue weighted by Gasteiger charge is -2.13. The molecule has 0 aliphatic heterocycles. The van der Waals surface area contributed by atoms with Gasteiger partial charge in [0.15, 0.2) is 0 Å². The first-order chi connectivity index (χ1) is 9.20. The summed E-state index contributed by atoms with van der Waals surface area (Å²) in [4.78, 5) is 12.0. The Labute approximate surface area is 113 Å². The summed E-state index contributed by atoms with van der Waals surface area (Å²) in [5.74, 6) is -0.684. The largest absolute Gasteiger partial charge is 0.393 e. The molecule has 1 saturated carbocycles. The van der Waals surface area contributed by atoms with Crippen molar-refractivity contribution in [1.82, 2.24) is 5.32 Å². The van der Waals surface area contributed by atoms with Crippen LogP contribution in [-0.2, 0) is 4.79 Å². The van der Waals surface area contributed by atoms with E-state index >= 15 is 0 Å². The molecule has 1 aliphatic carbocycles. The van der Waals surface area contributed by atoms with E-state index in [1.165, 1.54) is 0 Å². The van der Waals surface area contributed by atoms with Gasteiger partial charge in [-0.25, -0.2) is 0 Å². The number of nitriles is 1. The maximum atomic E-state index is 12.0. The molecule has 100 valence electrons. The Morgan fingerprint density at radius 3 is 2.74 bits per heavy atom. The van der Waals surface area contributed by atoms with Gasteiger partial charge in [-0.15, -0.1) is 0 Å². The van der Waals surface area contributed by atoms with Crippen molar-refractivity contribution in [1.29, 1.82) is 5.26 Å². The lowest BCUT2D eigenvalue weighted by molar-refractivity contribution is -0.121. The van der Waals surface area contributed by atoms with E-state index in [0.717, 1.165) is 19.3 Å². The van der Waals surface area contributed by atoms with E-state index < -0.39 is 5.92 Å². The second-order valence-corrected chi connectivity index (χ2v) is 5.05. The Hall–Kier alpha value is -1.86. The summed E-state index contributed by atoms with van der Waals surface area (Å²) >= 11 is 0. The van der Waals surface area contributed by atoms with Gasteiger partial charge < -0.3 is 10.4 Å². The molecule has 0 saturated heterocycles. The van der Waals surface area contributed by atoms with Crippen LogP contribution in [0.5, 0.6) is 0 Å². The van der Waals surface area contributed by atoms with E-state index in [-0.39, 0.29) is 12.0 Å². The molecule has 0 heterocycles. The number of aliphatic hydroxyl groups excluding tert-OH is 1. The van der Waals surface area contributed by atoms with E-state index in [9.17, 15) is 9.90 Å². The average Bonchev–Trinajstić information content (AvgIpc) is 2.84. The van der Waals surface area contributed by atoms with Crippen LogP contribution in [-0.4, -0.2) is 23.7 Å². The van der Waals surface area contributed by atoms with Crippen LogP contribution in [0.1, 0.15) is 30.7 Å². The zero-order valence-corrected chi connectivity index (χ0v) is 10.7. The van der Waals surface area contributed by atoms with Crippen molar-refractivity contribution in [3.63, 3.8) is 0 Å². The van der Waals surface area contributed by atoms with E-state index in [1.807, 2.05) is 24.3 Å². The van der Waals surface area contributed by atoms with Crippen LogP contribution in [0.2, 0.25) is 0 Å². The smallest absolute Gasteiger partial charge is 0.241 e. The number of rotatable bonds is 4. The van der Waals surface area contributed by atoms with Crippen LogP contribution in [0.3, 0.4) is 0 Å². The molecule has 2 rings (SSSR count). The minimum Gasteiger partial charge on any atom is -0.393 e. The SMILES string of the molecule is N#CC(C(=O)NCC1CCC(O)C1)c1ccccc1. The fraction of sp³-hybridized carbons (Fsp3) is 0.467. The molecule has 4 nitrogen and oxygen atoms in total. The van der Waals surface area contributed by atoms with Gasteiger partial charge in [-0.1, -0.05) is 30.3 Å². The zero-order valence-electron chi connectivity index (χ0n) is 10.7. The lowest BCUT2D eigenvalue weighted by Crippen LogP contribution is -2.32. The van der Waals surface area contributed by atoms with Crippen LogP contribution in [0.25, 0.3) is 0 Å². The van der Waals surface area contributed by atoms with Crippen molar-refractivity contribution in [3.05, 3.63) is 35.9 Å². The van der Waals surface area contributed by atoms with Gasteiger partial charge in [0.1, 0.15) is 5.92 Å². The van der Waals surface area contributed by atoms with Gasteiger partial charge in [0.2, 0.25) is 5.91 Å². The molecule has 19 heavy (non-hydrogen) atoms. The van der Waals surface area contributed by atoms with Crippen molar-refractivity contribution in [2.45, 2.75) is 31.3 Å². The summed E-state index contributed by atoms with van der Waals surface area (Å²) in [7, 11) is 0. The number of hydrogen-bond acceptors (Lipinski definition) is 3. The molecule has 2 N–H and O–H groups in total. The number of hydrogen-bond donors (Lipinski definition) is 2. The number of amides is 1. The maximum Gasteiger partial charge on any atom is 0.241 e. The Morgan fingerprint density at radius 1 is 1.42 bits per heavy atom. The number of nitrogens with zero attached hydrogens (tertiary/aromatic N) is 1. The van der Waals surface area contributed by atoms with Crippen LogP contribution >= 0.6 is 0 Å². The predicted molar refractivity (Wildman–Crippen MR) is 71.2 cm³/mol. The van der Waals surface area contributed by atoms with Crippen molar-refractivity contribution in [3.8, 4) is 6.07 Å². The molecule has 3 unspecified atom stereocenters. The van der Waals surface area contributed by atoms with Crippen LogP contribution in [0, 0.1) is 17.2 Å². The molecule has 1 amide bonds. The summed E-state index contributed by atoms with van der Waals surface area (Å²) < 4.78 is 0. The first kappa shape index (κ1) is 13.6. The third kappa shape index (κ3) is 3.55. The van der Waals surface area contributed by atoms with Gasteiger partial charge in [-0.3, -0.25) is 4.79 Å². The quantitative estimate of drug-likeness (QED) is 0.861. The van der Waals surface area contributed by atoms with Gasteiger partial charge in [-0.2, -0.15) is 5.26 Å². The maximum absolute atomic E-state index is 12.0. The Morgan fingerprint density at radius 2 is 2.16 bits per heavy atom. The first-order valence-electron chi connectivity index (χ1n) is 6.61. The molecule has 0 bridgehead atoms. The normalized spacial score (nSPS) is 23.6. The van der Waals surface area contributed by atoms with E-state index in [4.69, 9.17) is 5.26 Å². The topological polar surface area (TPSA) is 73.1 Å². The molecule has 4 heteroatoms. The van der Waals surface area contributed by atoms with Crippen molar-refractivity contribution >= 4 is 5.91 Å². The second-order valence-electron chi connectivity index (χ2n) is 5.05. The van der Waals surface area contributed by atoms with Gasteiger partial charge in [0, 0.05) is 6.54 Å². The highest BCUT2D eigenvalue weighted by Gasteiger charge is 2.25. The molecule has 1 fully saturated rings. The third-order valence-corrected chi connectivity index (χ3v) is 3.60. The van der Waals surface area contributed by atoms with Gasteiger partial charge >= 0.3 is 0 Å². The molecule has 0 spiro atoms. The van der Waals surface area contributed by atoms with Crippen molar-refractivity contribution in [2.24, 2.45) is 5.92 Å². The highest BCUT2D eigenvalue weighted by Crippen LogP contribution is 2.24. The first-order valence-corrected chi connectivity index (χ1v) is 6.61. The molecule has 1 aromatic carbocycles. The van der Waals surface area contributed by atoms with E-state index in [2.05, 4.69) is 5.32 Å². The number of carbonyl (C=O) groups is 1. The van der Waals surface area contributed by atoms with Crippen molar-refractivity contribution in [2.75, 3.05) is 6.54 Å². The summed E-state index contributed by atoms with van der Waals surface area (Å²) in [6.07, 6.45) is 2.25. The highest BCUT2D eigenvalue weighted by atomic mass is 16.3. The molecular weight excluding hydrogens is 240 g/mol. The number of aliphatic hydroxyl groups is 1. The fourth-order valence-electron chi connectivity index (χ4n) is 2.51. The fourth-order valence-corrected chi connectivity index (χ4v) is 2.51. The van der Waals surface area contributed by atoms with E-state index in [1.54, 1.807) is 12.1 Å². The van der Waals surface area contributed by atoms with Gasteiger partial charge in [0.25, 0.3) is 0 Å². The molecule has 0 aromatic heterocycles. The average molecular weight is 258 g/mol. The van der Waals surface area contributed by atoms with Crippen molar-refractivity contribution < 1.29 is 9.90 Å². The molecule has 1 aromatic rings. The molecule has 1 aliphatic rings. The Balaban J connectivity index is 1.90. The monoisotopic (exact) mass is 258 g/mol. The van der Waals surface area contributed by atoms with E-state index in [0.29, 0.717) is 18.0 Å². The van der Waals surface area contributed by atoms with Crippen LogP contribution in [0.4, 0.5) is 0 Å². The minimum absolute atomic E-state index is 0.234.